The topological polar surface area (TPSA) is 65.7 Å². The van der Waals surface area contributed by atoms with E-state index in [1.54, 1.807) is 20.3 Å². The number of fused-ring (bicyclic) bond motifs is 1. The molecule has 4 rings (SSSR count). The van der Waals surface area contributed by atoms with Crippen molar-refractivity contribution < 1.29 is 9.47 Å². The molecular formula is C20H17N3O3S. The molecule has 0 amide bonds. The maximum Gasteiger partial charge on any atom is 0.291 e. The SMILES string of the molecule is COc1ccc(/C=c2/sc3nc(-c4ccccc4C)nn3c2=O)cc1OC. The highest BCUT2D eigenvalue weighted by Gasteiger charge is 2.13. The summed E-state index contributed by atoms with van der Waals surface area (Å²) in [4.78, 5) is 17.8. The van der Waals surface area contributed by atoms with E-state index in [2.05, 4.69) is 10.1 Å². The van der Waals surface area contributed by atoms with Crippen molar-refractivity contribution in [1.29, 1.82) is 0 Å². The number of hydrogen-bond acceptors (Lipinski definition) is 6. The number of hydrogen-bond donors (Lipinski definition) is 0. The Hall–Kier alpha value is -3.19. The van der Waals surface area contributed by atoms with Crippen LogP contribution in [0.4, 0.5) is 0 Å². The standard InChI is InChI=1S/C20H17N3O3S/c1-12-6-4-5-7-14(12)18-21-20-23(22-18)19(24)17(27-20)11-13-8-9-15(25-2)16(10-13)26-3/h4-11H,1-3H3/b17-11+. The van der Waals surface area contributed by atoms with Gasteiger partial charge in [-0.2, -0.15) is 9.50 Å². The predicted octanol–water partition coefficient (Wildman–Crippen LogP) is 2.69. The van der Waals surface area contributed by atoms with Crippen molar-refractivity contribution in [2.75, 3.05) is 14.2 Å². The summed E-state index contributed by atoms with van der Waals surface area (Å²) < 4.78 is 12.5. The van der Waals surface area contributed by atoms with Gasteiger partial charge >= 0.3 is 0 Å². The van der Waals surface area contributed by atoms with E-state index in [1.165, 1.54) is 15.9 Å². The second kappa shape index (κ2) is 6.85. The molecular weight excluding hydrogens is 362 g/mol. The molecule has 0 aliphatic rings. The molecule has 0 saturated heterocycles. The Morgan fingerprint density at radius 3 is 2.56 bits per heavy atom. The van der Waals surface area contributed by atoms with Gasteiger partial charge in [-0.15, -0.1) is 5.10 Å². The van der Waals surface area contributed by atoms with Crippen molar-refractivity contribution in [1.82, 2.24) is 14.6 Å². The van der Waals surface area contributed by atoms with Gasteiger partial charge in [0.2, 0.25) is 4.96 Å². The van der Waals surface area contributed by atoms with Gasteiger partial charge in [0.1, 0.15) is 0 Å². The molecule has 2 aromatic heterocycles. The van der Waals surface area contributed by atoms with Gasteiger partial charge in [0.25, 0.3) is 5.56 Å². The maximum absolute atomic E-state index is 12.7. The predicted molar refractivity (Wildman–Crippen MR) is 106 cm³/mol. The van der Waals surface area contributed by atoms with Crippen molar-refractivity contribution in [3.63, 3.8) is 0 Å². The van der Waals surface area contributed by atoms with Crippen molar-refractivity contribution in [2.45, 2.75) is 6.92 Å². The minimum atomic E-state index is -0.183. The normalized spacial score (nSPS) is 11.9. The molecule has 0 N–H and O–H groups in total. The summed E-state index contributed by atoms with van der Waals surface area (Å²) >= 11 is 1.31. The zero-order valence-corrected chi connectivity index (χ0v) is 15.9. The molecule has 0 radical (unpaired) electrons. The van der Waals surface area contributed by atoms with E-state index < -0.39 is 0 Å². The number of rotatable bonds is 4. The molecule has 2 heterocycles. The third-order valence-corrected chi connectivity index (χ3v) is 5.23. The summed E-state index contributed by atoms with van der Waals surface area (Å²) in [6.45, 7) is 2.00. The van der Waals surface area contributed by atoms with Crippen molar-refractivity contribution >= 4 is 22.4 Å². The lowest BCUT2D eigenvalue weighted by atomic mass is 10.1. The molecule has 0 unspecified atom stereocenters. The van der Waals surface area contributed by atoms with Crippen LogP contribution in [0, 0.1) is 6.92 Å². The monoisotopic (exact) mass is 379 g/mol. The van der Waals surface area contributed by atoms with Gasteiger partial charge < -0.3 is 9.47 Å². The van der Waals surface area contributed by atoms with Crippen molar-refractivity contribution in [3.8, 4) is 22.9 Å². The number of methoxy groups -OCH3 is 2. The lowest BCUT2D eigenvalue weighted by Gasteiger charge is -2.07. The Labute approximate surface area is 159 Å². The third-order valence-electron chi connectivity index (χ3n) is 4.27. The lowest BCUT2D eigenvalue weighted by molar-refractivity contribution is 0.355. The summed E-state index contributed by atoms with van der Waals surface area (Å²) in [5.41, 5.74) is 2.66. The molecule has 0 atom stereocenters. The van der Waals surface area contributed by atoms with Gasteiger partial charge in [-0.3, -0.25) is 4.79 Å². The number of aromatic nitrogens is 3. The van der Waals surface area contributed by atoms with Gasteiger partial charge in [0.15, 0.2) is 17.3 Å². The number of benzene rings is 2. The molecule has 0 aliphatic carbocycles. The van der Waals surface area contributed by atoms with Crippen LogP contribution in [0.2, 0.25) is 0 Å². The van der Waals surface area contributed by atoms with Crippen LogP contribution >= 0.6 is 11.3 Å². The quantitative estimate of drug-likeness (QED) is 0.545. The zero-order chi connectivity index (χ0) is 19.0. The number of aryl methyl sites for hydroxylation is 1. The maximum atomic E-state index is 12.7. The fourth-order valence-electron chi connectivity index (χ4n) is 2.87. The molecule has 0 fully saturated rings. The molecule has 0 saturated carbocycles. The summed E-state index contributed by atoms with van der Waals surface area (Å²) in [5.74, 6) is 1.82. The highest BCUT2D eigenvalue weighted by molar-refractivity contribution is 7.15. The van der Waals surface area contributed by atoms with Crippen molar-refractivity contribution in [3.05, 3.63) is 68.5 Å². The minimum Gasteiger partial charge on any atom is -0.493 e. The fourth-order valence-corrected chi connectivity index (χ4v) is 3.77. The highest BCUT2D eigenvalue weighted by atomic mass is 32.1. The van der Waals surface area contributed by atoms with Crippen LogP contribution in [0.1, 0.15) is 11.1 Å². The Morgan fingerprint density at radius 1 is 1.07 bits per heavy atom. The molecule has 136 valence electrons. The van der Waals surface area contributed by atoms with E-state index >= 15 is 0 Å². The highest BCUT2D eigenvalue weighted by Crippen LogP contribution is 2.27. The average molecular weight is 379 g/mol. The Bertz CT molecular complexity index is 1240. The molecule has 0 aliphatic heterocycles. The zero-order valence-electron chi connectivity index (χ0n) is 15.1. The van der Waals surface area contributed by atoms with Crippen LogP contribution in [-0.4, -0.2) is 28.8 Å². The van der Waals surface area contributed by atoms with Crippen LogP contribution in [0.3, 0.4) is 0 Å². The van der Waals surface area contributed by atoms with E-state index in [4.69, 9.17) is 9.47 Å². The van der Waals surface area contributed by atoms with Crippen LogP contribution in [0.25, 0.3) is 22.4 Å². The van der Waals surface area contributed by atoms with E-state index in [0.717, 1.165) is 16.7 Å². The molecule has 6 nitrogen and oxygen atoms in total. The first-order valence-corrected chi connectivity index (χ1v) is 9.11. The van der Waals surface area contributed by atoms with Gasteiger partial charge in [-0.25, -0.2) is 0 Å². The largest absolute Gasteiger partial charge is 0.493 e. The molecule has 27 heavy (non-hydrogen) atoms. The van der Waals surface area contributed by atoms with Gasteiger partial charge in [0.05, 0.1) is 18.8 Å². The Morgan fingerprint density at radius 2 is 1.85 bits per heavy atom. The fraction of sp³-hybridized carbons (Fsp3) is 0.150. The van der Waals surface area contributed by atoms with E-state index in [-0.39, 0.29) is 5.56 Å². The van der Waals surface area contributed by atoms with Gasteiger partial charge in [-0.05, 0) is 36.3 Å². The second-order valence-corrected chi connectivity index (χ2v) is 6.98. The number of nitrogens with zero attached hydrogens (tertiary/aromatic N) is 3. The summed E-state index contributed by atoms with van der Waals surface area (Å²) in [7, 11) is 3.17. The molecule has 0 spiro atoms. The molecule has 0 bridgehead atoms. The number of thiazole rings is 1. The summed E-state index contributed by atoms with van der Waals surface area (Å²) in [6.07, 6.45) is 1.80. The van der Waals surface area contributed by atoms with Gasteiger partial charge in [-0.1, -0.05) is 41.7 Å². The van der Waals surface area contributed by atoms with Crippen molar-refractivity contribution in [2.24, 2.45) is 0 Å². The third kappa shape index (κ3) is 3.06. The van der Waals surface area contributed by atoms with Crippen LogP contribution < -0.4 is 19.6 Å². The molecule has 7 heteroatoms. The number of ether oxygens (including phenoxy) is 2. The lowest BCUT2D eigenvalue weighted by Crippen LogP contribution is -2.23. The van der Waals surface area contributed by atoms with E-state index in [0.29, 0.717) is 26.8 Å². The smallest absolute Gasteiger partial charge is 0.291 e. The minimum absolute atomic E-state index is 0.183. The van der Waals surface area contributed by atoms with Crippen LogP contribution in [0.15, 0.2) is 47.3 Å². The van der Waals surface area contributed by atoms with E-state index in [9.17, 15) is 4.79 Å². The molecule has 4 aromatic rings. The molecule has 2 aromatic carbocycles. The van der Waals surface area contributed by atoms with Crippen LogP contribution in [-0.2, 0) is 0 Å². The van der Waals surface area contributed by atoms with Gasteiger partial charge in [0, 0.05) is 5.56 Å². The first-order chi connectivity index (χ1) is 13.1. The van der Waals surface area contributed by atoms with Crippen LogP contribution in [0.5, 0.6) is 11.5 Å². The first-order valence-electron chi connectivity index (χ1n) is 8.30. The average Bonchev–Trinajstić information content (AvgIpc) is 3.21. The second-order valence-electron chi connectivity index (χ2n) is 5.97. The Balaban J connectivity index is 1.79. The summed E-state index contributed by atoms with van der Waals surface area (Å²) in [6, 6.07) is 13.4. The summed E-state index contributed by atoms with van der Waals surface area (Å²) in [5, 5.41) is 4.41. The first kappa shape index (κ1) is 17.2. The Kier molecular flexibility index (Phi) is 4.37. The van der Waals surface area contributed by atoms with E-state index in [1.807, 2.05) is 49.4 Å².